The highest BCUT2D eigenvalue weighted by Crippen LogP contribution is 2.19. The Morgan fingerprint density at radius 3 is 3.08 bits per heavy atom. The van der Waals surface area contributed by atoms with Crippen LogP contribution in [0.2, 0.25) is 0 Å². The van der Waals surface area contributed by atoms with Gasteiger partial charge in [0, 0.05) is 37.2 Å². The molecule has 4 heteroatoms. The topological polar surface area (TPSA) is 59.6 Å². The number of hydrogen-bond acceptors (Lipinski definition) is 2. The minimum atomic E-state index is 0.467. The van der Waals surface area contributed by atoms with Gasteiger partial charge in [0.25, 0.3) is 0 Å². The smallest absolute Gasteiger partial charge is 0.0853 e. The van der Waals surface area contributed by atoms with Gasteiger partial charge < -0.3 is 10.7 Å². The highest BCUT2D eigenvalue weighted by molar-refractivity contribution is 5.61. The molecule has 0 spiro atoms. The van der Waals surface area contributed by atoms with Crippen molar-refractivity contribution in [2.24, 2.45) is 12.8 Å². The average molecular weight is 176 g/mol. The summed E-state index contributed by atoms with van der Waals surface area (Å²) in [5.41, 5.74) is 8.64. The van der Waals surface area contributed by atoms with Crippen LogP contribution < -0.4 is 5.73 Å². The third kappa shape index (κ3) is 1.36. The first-order valence-electron chi connectivity index (χ1n) is 4.17. The number of hydrogen-bond donors (Lipinski definition) is 2. The molecule has 0 atom stereocenters. The molecule has 0 aliphatic carbocycles. The predicted octanol–water partition coefficient (Wildman–Crippen LogP) is 0.874. The Hall–Kier alpha value is -1.55. The van der Waals surface area contributed by atoms with Crippen molar-refractivity contribution in [1.82, 2.24) is 14.8 Å². The van der Waals surface area contributed by atoms with Gasteiger partial charge in [-0.2, -0.15) is 5.10 Å². The molecule has 2 rings (SSSR count). The first kappa shape index (κ1) is 8.07. The lowest BCUT2D eigenvalue weighted by Gasteiger charge is -1.94. The van der Waals surface area contributed by atoms with E-state index in [1.54, 1.807) is 4.68 Å². The van der Waals surface area contributed by atoms with E-state index in [9.17, 15) is 0 Å². The van der Waals surface area contributed by atoms with E-state index in [1.807, 2.05) is 31.6 Å². The van der Waals surface area contributed by atoms with Crippen LogP contribution in [-0.2, 0) is 13.6 Å². The fourth-order valence-corrected chi connectivity index (χ4v) is 1.41. The van der Waals surface area contributed by atoms with E-state index in [2.05, 4.69) is 10.1 Å². The first-order valence-corrected chi connectivity index (χ1v) is 4.17. The minimum absolute atomic E-state index is 0.467. The van der Waals surface area contributed by atoms with Crippen LogP contribution >= 0.6 is 0 Å². The Bertz CT molecular complexity index is 386. The first-order chi connectivity index (χ1) is 6.31. The highest BCUT2D eigenvalue weighted by atomic mass is 15.3. The second-order valence-electron chi connectivity index (χ2n) is 2.95. The normalized spacial score (nSPS) is 10.6. The van der Waals surface area contributed by atoms with Crippen LogP contribution in [0, 0.1) is 0 Å². The van der Waals surface area contributed by atoms with E-state index in [1.165, 1.54) is 0 Å². The molecule has 0 saturated carbocycles. The largest absolute Gasteiger partial charge is 0.361 e. The van der Waals surface area contributed by atoms with Gasteiger partial charge in [0.05, 0.1) is 5.69 Å². The molecule has 4 nitrogen and oxygen atoms in total. The van der Waals surface area contributed by atoms with Crippen LogP contribution in [0.4, 0.5) is 0 Å². The maximum Gasteiger partial charge on any atom is 0.0853 e. The molecule has 2 aromatic heterocycles. The number of aryl methyl sites for hydroxylation is 1. The maximum atomic E-state index is 5.58. The molecule has 0 bridgehead atoms. The molecule has 0 aromatic carbocycles. The van der Waals surface area contributed by atoms with E-state index in [0.717, 1.165) is 17.0 Å². The second-order valence-corrected chi connectivity index (χ2v) is 2.95. The van der Waals surface area contributed by atoms with Crippen molar-refractivity contribution in [2.45, 2.75) is 6.54 Å². The molecule has 2 heterocycles. The Labute approximate surface area is 76.4 Å². The molecule has 0 fully saturated rings. The van der Waals surface area contributed by atoms with Gasteiger partial charge in [-0.1, -0.05) is 0 Å². The van der Waals surface area contributed by atoms with Crippen molar-refractivity contribution in [3.63, 3.8) is 0 Å². The minimum Gasteiger partial charge on any atom is -0.361 e. The van der Waals surface area contributed by atoms with Crippen molar-refractivity contribution in [1.29, 1.82) is 0 Å². The van der Waals surface area contributed by atoms with Crippen LogP contribution in [-0.4, -0.2) is 14.8 Å². The number of aromatic nitrogens is 3. The number of nitrogens with zero attached hydrogens (tertiary/aromatic N) is 2. The van der Waals surface area contributed by atoms with Crippen molar-refractivity contribution in [2.75, 3.05) is 0 Å². The zero-order valence-corrected chi connectivity index (χ0v) is 7.49. The standard InChI is InChI=1S/C9H12N4/c1-13-6-7(9(5-10)12-13)8-3-2-4-11-8/h2-4,6,11H,5,10H2,1H3. The Kier molecular flexibility index (Phi) is 1.90. The quantitative estimate of drug-likeness (QED) is 0.713. The van der Waals surface area contributed by atoms with E-state index in [0.29, 0.717) is 6.54 Å². The highest BCUT2D eigenvalue weighted by Gasteiger charge is 2.07. The average Bonchev–Trinajstić information content (AvgIpc) is 2.71. The lowest BCUT2D eigenvalue weighted by Crippen LogP contribution is -1.99. The number of nitrogens with one attached hydrogen (secondary N) is 1. The third-order valence-corrected chi connectivity index (χ3v) is 1.99. The number of H-pyrrole nitrogens is 1. The van der Waals surface area contributed by atoms with Crippen LogP contribution in [0.5, 0.6) is 0 Å². The summed E-state index contributed by atoms with van der Waals surface area (Å²) in [5, 5.41) is 4.26. The fraction of sp³-hybridized carbons (Fsp3) is 0.222. The molecule has 68 valence electrons. The van der Waals surface area contributed by atoms with Gasteiger partial charge in [0.1, 0.15) is 0 Å². The van der Waals surface area contributed by atoms with Crippen LogP contribution in [0.1, 0.15) is 5.69 Å². The lowest BCUT2D eigenvalue weighted by atomic mass is 10.2. The molecule has 13 heavy (non-hydrogen) atoms. The van der Waals surface area contributed by atoms with Crippen molar-refractivity contribution in [3.05, 3.63) is 30.2 Å². The van der Waals surface area contributed by atoms with Gasteiger partial charge in [-0.3, -0.25) is 4.68 Å². The molecule has 0 amide bonds. The Balaban J connectivity index is 2.50. The summed E-state index contributed by atoms with van der Waals surface area (Å²) >= 11 is 0. The number of nitrogens with two attached hydrogens (primary N) is 1. The molecule has 0 saturated heterocycles. The molecular weight excluding hydrogens is 164 g/mol. The van der Waals surface area contributed by atoms with Crippen molar-refractivity contribution >= 4 is 0 Å². The molecule has 0 aliphatic rings. The fourth-order valence-electron chi connectivity index (χ4n) is 1.41. The molecule has 0 aliphatic heterocycles. The molecule has 2 aromatic rings. The summed E-state index contributed by atoms with van der Waals surface area (Å²) in [7, 11) is 1.89. The zero-order chi connectivity index (χ0) is 9.26. The van der Waals surface area contributed by atoms with Gasteiger partial charge in [-0.25, -0.2) is 0 Å². The van der Waals surface area contributed by atoms with Gasteiger partial charge in [0.2, 0.25) is 0 Å². The van der Waals surface area contributed by atoms with Crippen molar-refractivity contribution < 1.29 is 0 Å². The monoisotopic (exact) mass is 176 g/mol. The molecule has 0 radical (unpaired) electrons. The van der Waals surface area contributed by atoms with Gasteiger partial charge in [0.15, 0.2) is 0 Å². The van der Waals surface area contributed by atoms with Crippen LogP contribution in [0.25, 0.3) is 11.3 Å². The van der Waals surface area contributed by atoms with E-state index < -0.39 is 0 Å². The maximum absolute atomic E-state index is 5.58. The third-order valence-electron chi connectivity index (χ3n) is 1.99. The van der Waals surface area contributed by atoms with Gasteiger partial charge in [-0.15, -0.1) is 0 Å². The Morgan fingerprint density at radius 2 is 2.46 bits per heavy atom. The zero-order valence-electron chi connectivity index (χ0n) is 7.49. The summed E-state index contributed by atoms with van der Waals surface area (Å²) in [6, 6.07) is 3.97. The van der Waals surface area contributed by atoms with Crippen LogP contribution in [0.15, 0.2) is 24.5 Å². The summed E-state index contributed by atoms with van der Waals surface area (Å²) in [6.45, 7) is 0.467. The predicted molar refractivity (Wildman–Crippen MR) is 50.9 cm³/mol. The van der Waals surface area contributed by atoms with Crippen LogP contribution in [0.3, 0.4) is 0 Å². The lowest BCUT2D eigenvalue weighted by molar-refractivity contribution is 0.742. The van der Waals surface area contributed by atoms with Gasteiger partial charge in [-0.05, 0) is 12.1 Å². The second kappa shape index (κ2) is 3.06. The Morgan fingerprint density at radius 1 is 1.62 bits per heavy atom. The molecular formula is C9H12N4. The molecule has 3 N–H and O–H groups in total. The van der Waals surface area contributed by atoms with E-state index in [4.69, 9.17) is 5.73 Å². The molecule has 0 unspecified atom stereocenters. The summed E-state index contributed by atoms with van der Waals surface area (Å²) in [5.74, 6) is 0. The summed E-state index contributed by atoms with van der Waals surface area (Å²) in [6.07, 6.45) is 3.86. The van der Waals surface area contributed by atoms with E-state index >= 15 is 0 Å². The van der Waals surface area contributed by atoms with Crippen molar-refractivity contribution in [3.8, 4) is 11.3 Å². The van der Waals surface area contributed by atoms with E-state index in [-0.39, 0.29) is 0 Å². The SMILES string of the molecule is Cn1cc(-c2ccc[nH]2)c(CN)n1. The number of aromatic amines is 1. The summed E-state index contributed by atoms with van der Waals surface area (Å²) < 4.78 is 1.78. The summed E-state index contributed by atoms with van der Waals surface area (Å²) in [4.78, 5) is 3.13. The van der Waals surface area contributed by atoms with Gasteiger partial charge >= 0.3 is 0 Å². The number of rotatable bonds is 2.